The van der Waals surface area contributed by atoms with Crippen LogP contribution in [-0.2, 0) is 32.1 Å². The third-order valence-electron chi connectivity index (χ3n) is 11.1. The molecule has 2 fully saturated rings. The number of amides is 3. The summed E-state index contributed by atoms with van der Waals surface area (Å²) in [6.07, 6.45) is 8.50. The van der Waals surface area contributed by atoms with Gasteiger partial charge in [0.15, 0.2) is 0 Å². The molecular weight excluding hydrogens is 626 g/mol. The molecule has 4 aliphatic heterocycles. The Balaban J connectivity index is 1.25. The first-order chi connectivity index (χ1) is 24.4. The van der Waals surface area contributed by atoms with Crippen molar-refractivity contribution in [2.24, 2.45) is 11.8 Å². The molecule has 0 aromatic heterocycles. The minimum atomic E-state index is -1.43. The number of hydrogen-bond donors (Lipinski definition) is 1. The van der Waals surface area contributed by atoms with E-state index < -0.39 is 35.1 Å². The molecule has 8 nitrogen and oxygen atoms in total. The van der Waals surface area contributed by atoms with Crippen LogP contribution in [0.2, 0.25) is 0 Å². The maximum absolute atomic E-state index is 15.2. The number of rotatable bonds is 8. The quantitative estimate of drug-likeness (QED) is 0.258. The highest BCUT2D eigenvalue weighted by Gasteiger charge is 2.76. The van der Waals surface area contributed by atoms with Crippen molar-refractivity contribution < 1.29 is 24.2 Å². The number of carbonyl (C=O) groups excluding carboxylic acids is 3. The first-order valence-electron chi connectivity index (χ1n) is 17.5. The van der Waals surface area contributed by atoms with Gasteiger partial charge in [-0.05, 0) is 46.9 Å². The molecule has 1 spiro atoms. The number of hydrogen-bond acceptors (Lipinski definition) is 5. The van der Waals surface area contributed by atoms with Gasteiger partial charge < -0.3 is 24.5 Å². The van der Waals surface area contributed by atoms with E-state index in [1.54, 1.807) is 14.7 Å². The topological polar surface area (TPSA) is 90.4 Å². The molecule has 254 valence electrons. The molecular formula is C42H41N3O5. The highest BCUT2D eigenvalue weighted by atomic mass is 16.5. The predicted molar refractivity (Wildman–Crippen MR) is 192 cm³/mol. The van der Waals surface area contributed by atoms with Crippen LogP contribution in [0, 0.1) is 11.8 Å². The van der Waals surface area contributed by atoms with Gasteiger partial charge in [0.05, 0.1) is 30.1 Å². The standard InChI is InChI=1S/C42H41N3O5/c1-2-41-21-11-23-43(27-30-15-7-4-8-16-30)38(47)35(41)36-39(48)45(34(28-46)25-29-13-5-3-6-14-29)37-40(49)44(24-12-22-42(36,37)50-41)33-20-19-31-17-9-10-18-32(31)26-33/h3-22,26,34-37,46H,2,23-25,27-28H2,1H3/t34-,35-,36+,37?,41+,42+/m1/s1. The molecule has 2 saturated heterocycles. The molecule has 4 aromatic rings. The number of likely N-dealkylation sites (tertiary alicyclic amines) is 1. The van der Waals surface area contributed by atoms with E-state index in [0.717, 1.165) is 21.9 Å². The van der Waals surface area contributed by atoms with Crippen LogP contribution in [0.5, 0.6) is 0 Å². The van der Waals surface area contributed by atoms with Gasteiger partial charge in [-0.15, -0.1) is 0 Å². The molecule has 0 aliphatic carbocycles. The third kappa shape index (κ3) is 5.08. The SMILES string of the molecule is CC[C@]12C=CCN(Cc3ccccc3)C(=O)[C@H]1[C@H]1C(=O)N([C@@H](CO)Cc3ccccc3)C3C(=O)N(c4ccc5ccccc5c4)CC=C[C@@]31O2. The molecule has 0 radical (unpaired) electrons. The Labute approximate surface area is 292 Å². The van der Waals surface area contributed by atoms with Crippen molar-refractivity contribution in [3.8, 4) is 0 Å². The van der Waals surface area contributed by atoms with Crippen molar-refractivity contribution >= 4 is 34.2 Å². The molecule has 4 heterocycles. The Morgan fingerprint density at radius 3 is 2.16 bits per heavy atom. The van der Waals surface area contributed by atoms with E-state index >= 15 is 9.59 Å². The number of anilines is 1. The summed E-state index contributed by atoms with van der Waals surface area (Å²) in [6.45, 7) is 2.66. The average Bonchev–Trinajstić information content (AvgIpc) is 3.45. The molecule has 3 amide bonds. The van der Waals surface area contributed by atoms with Gasteiger partial charge in [-0.1, -0.05) is 122 Å². The second-order valence-corrected chi connectivity index (χ2v) is 13.9. The van der Waals surface area contributed by atoms with Crippen molar-refractivity contribution in [2.45, 2.75) is 49.6 Å². The predicted octanol–water partition coefficient (Wildman–Crippen LogP) is 5.31. The van der Waals surface area contributed by atoms with Crippen LogP contribution in [-0.4, -0.2) is 75.6 Å². The Morgan fingerprint density at radius 1 is 0.760 bits per heavy atom. The van der Waals surface area contributed by atoms with Crippen molar-refractivity contribution in [2.75, 3.05) is 24.6 Å². The Hall–Kier alpha value is -5.05. The molecule has 1 N–H and O–H groups in total. The van der Waals surface area contributed by atoms with Crippen LogP contribution < -0.4 is 4.90 Å². The van der Waals surface area contributed by atoms with E-state index in [-0.39, 0.29) is 30.9 Å². The molecule has 4 aromatic carbocycles. The highest BCUT2D eigenvalue weighted by molar-refractivity contribution is 6.07. The smallest absolute Gasteiger partial charge is 0.253 e. The first-order valence-corrected chi connectivity index (χ1v) is 17.5. The Morgan fingerprint density at radius 2 is 1.44 bits per heavy atom. The zero-order valence-corrected chi connectivity index (χ0v) is 28.1. The van der Waals surface area contributed by atoms with Crippen molar-refractivity contribution in [3.63, 3.8) is 0 Å². The molecule has 8 rings (SSSR count). The van der Waals surface area contributed by atoms with Crippen molar-refractivity contribution in [1.29, 1.82) is 0 Å². The van der Waals surface area contributed by atoms with Gasteiger partial charge in [0.1, 0.15) is 11.6 Å². The summed E-state index contributed by atoms with van der Waals surface area (Å²) in [7, 11) is 0. The summed E-state index contributed by atoms with van der Waals surface area (Å²) in [5, 5.41) is 13.0. The van der Waals surface area contributed by atoms with Crippen LogP contribution in [0.25, 0.3) is 10.8 Å². The second-order valence-electron chi connectivity index (χ2n) is 13.9. The van der Waals surface area contributed by atoms with E-state index in [4.69, 9.17) is 4.74 Å². The summed E-state index contributed by atoms with van der Waals surface area (Å²) >= 11 is 0. The number of ether oxygens (including phenoxy) is 1. The fourth-order valence-corrected chi connectivity index (χ4v) is 8.80. The van der Waals surface area contributed by atoms with E-state index in [0.29, 0.717) is 31.6 Å². The van der Waals surface area contributed by atoms with Crippen LogP contribution in [0.15, 0.2) is 127 Å². The fraction of sp³-hybridized carbons (Fsp3) is 0.310. The summed E-state index contributed by atoms with van der Waals surface area (Å²) in [6, 6.07) is 31.6. The maximum atomic E-state index is 15.2. The molecule has 0 saturated carbocycles. The van der Waals surface area contributed by atoms with Crippen LogP contribution in [0.1, 0.15) is 24.5 Å². The molecule has 50 heavy (non-hydrogen) atoms. The zero-order valence-electron chi connectivity index (χ0n) is 28.1. The number of nitrogens with zero attached hydrogens (tertiary/aromatic N) is 3. The van der Waals surface area contributed by atoms with Gasteiger partial charge in [-0.3, -0.25) is 14.4 Å². The van der Waals surface area contributed by atoms with Crippen LogP contribution >= 0.6 is 0 Å². The summed E-state index contributed by atoms with van der Waals surface area (Å²) in [5.74, 6) is -2.64. The zero-order chi connectivity index (χ0) is 34.5. The van der Waals surface area contributed by atoms with Crippen molar-refractivity contribution in [3.05, 3.63) is 139 Å². The summed E-state index contributed by atoms with van der Waals surface area (Å²) in [5.41, 5.74) is 0.102. The Bertz CT molecular complexity index is 2000. The van der Waals surface area contributed by atoms with Gasteiger partial charge >= 0.3 is 0 Å². The van der Waals surface area contributed by atoms with E-state index in [1.807, 2.05) is 134 Å². The molecule has 4 aliphatic rings. The molecule has 8 heteroatoms. The fourth-order valence-electron chi connectivity index (χ4n) is 8.80. The van der Waals surface area contributed by atoms with Gasteiger partial charge in [0.25, 0.3) is 5.91 Å². The van der Waals surface area contributed by atoms with Gasteiger partial charge in [0, 0.05) is 25.3 Å². The summed E-state index contributed by atoms with van der Waals surface area (Å²) in [4.78, 5) is 50.3. The van der Waals surface area contributed by atoms with Crippen LogP contribution in [0.3, 0.4) is 0 Å². The minimum absolute atomic E-state index is 0.170. The van der Waals surface area contributed by atoms with Gasteiger partial charge in [-0.2, -0.15) is 0 Å². The lowest BCUT2D eigenvalue weighted by Crippen LogP contribution is -2.59. The van der Waals surface area contributed by atoms with Gasteiger partial charge in [-0.25, -0.2) is 0 Å². The Kier molecular flexibility index (Phi) is 8.16. The molecule has 0 bridgehead atoms. The molecule has 6 atom stereocenters. The lowest BCUT2D eigenvalue weighted by Gasteiger charge is -2.41. The highest BCUT2D eigenvalue weighted by Crippen LogP contribution is 2.59. The average molecular weight is 668 g/mol. The van der Waals surface area contributed by atoms with Crippen LogP contribution in [0.4, 0.5) is 5.69 Å². The third-order valence-corrected chi connectivity index (χ3v) is 11.1. The number of carbonyl (C=O) groups is 3. The number of aliphatic hydroxyl groups is 1. The monoisotopic (exact) mass is 667 g/mol. The lowest BCUT2D eigenvalue weighted by molar-refractivity contribution is -0.152. The van der Waals surface area contributed by atoms with E-state index in [1.165, 1.54) is 0 Å². The normalized spacial score (nSPS) is 28.0. The lowest BCUT2D eigenvalue weighted by atomic mass is 9.73. The number of fused-ring (bicyclic) bond motifs is 3. The number of aliphatic hydroxyl groups excluding tert-OH is 1. The van der Waals surface area contributed by atoms with Gasteiger partial charge in [0.2, 0.25) is 11.8 Å². The minimum Gasteiger partial charge on any atom is -0.394 e. The summed E-state index contributed by atoms with van der Waals surface area (Å²) < 4.78 is 7.20. The first kappa shape index (κ1) is 32.2. The maximum Gasteiger partial charge on any atom is 0.253 e. The molecule has 1 unspecified atom stereocenters. The largest absolute Gasteiger partial charge is 0.394 e. The van der Waals surface area contributed by atoms with Crippen molar-refractivity contribution in [1.82, 2.24) is 9.80 Å². The second kappa shape index (κ2) is 12.7. The van der Waals surface area contributed by atoms with E-state index in [9.17, 15) is 9.90 Å². The van der Waals surface area contributed by atoms with E-state index in [2.05, 4.69) is 0 Å². The number of benzene rings is 4.